The smallest absolute Gasteiger partial charge is 0.267 e. The molecule has 21 heavy (non-hydrogen) atoms. The van der Waals surface area contributed by atoms with Crippen LogP contribution in [0.5, 0.6) is 0 Å². The molecule has 0 radical (unpaired) electrons. The van der Waals surface area contributed by atoms with Gasteiger partial charge >= 0.3 is 0 Å². The Balaban J connectivity index is 2.21. The van der Waals surface area contributed by atoms with Gasteiger partial charge in [0.25, 0.3) is 5.91 Å². The number of aliphatic hydroxyl groups excluding tert-OH is 1. The van der Waals surface area contributed by atoms with E-state index in [1.807, 2.05) is 32.0 Å². The standard InChI is InChI=1S/C16H16N2O2S/c1-3-13-9-12(5-4-8-19)6-7-14(13)18-16(20)15-10-17-11(2)21-15/h6-7,9-10,19H,3,8H2,1-2H3,(H,18,20). The quantitative estimate of drug-likeness (QED) is 0.857. The molecule has 1 heterocycles. The lowest BCUT2D eigenvalue weighted by molar-refractivity contribution is 0.103. The van der Waals surface area contributed by atoms with Crippen LogP contribution in [0.15, 0.2) is 24.4 Å². The van der Waals surface area contributed by atoms with Gasteiger partial charge in [0.2, 0.25) is 0 Å². The lowest BCUT2D eigenvalue weighted by atomic mass is 10.1. The molecule has 2 aromatic rings. The van der Waals surface area contributed by atoms with E-state index >= 15 is 0 Å². The van der Waals surface area contributed by atoms with Gasteiger partial charge in [0.15, 0.2) is 0 Å². The number of aryl methyl sites for hydroxylation is 2. The van der Waals surface area contributed by atoms with Crippen molar-refractivity contribution in [1.82, 2.24) is 4.98 Å². The third-order valence-electron chi connectivity index (χ3n) is 2.89. The van der Waals surface area contributed by atoms with Gasteiger partial charge in [-0.1, -0.05) is 18.8 Å². The first-order valence-corrected chi connectivity index (χ1v) is 7.42. The summed E-state index contributed by atoms with van der Waals surface area (Å²) in [6.07, 6.45) is 2.37. The molecule has 0 saturated heterocycles. The number of aliphatic hydroxyl groups is 1. The largest absolute Gasteiger partial charge is 0.384 e. The number of carbonyl (C=O) groups excluding carboxylic acids is 1. The van der Waals surface area contributed by atoms with Crippen LogP contribution in [0.1, 0.15) is 32.7 Å². The summed E-state index contributed by atoms with van der Waals surface area (Å²) in [6.45, 7) is 3.73. The Morgan fingerprint density at radius 2 is 2.29 bits per heavy atom. The second-order valence-electron chi connectivity index (χ2n) is 4.38. The normalized spacial score (nSPS) is 9.86. The number of hydrogen-bond donors (Lipinski definition) is 2. The van der Waals surface area contributed by atoms with E-state index in [0.29, 0.717) is 4.88 Å². The van der Waals surface area contributed by atoms with Crippen LogP contribution in [0.4, 0.5) is 5.69 Å². The summed E-state index contributed by atoms with van der Waals surface area (Å²) in [5, 5.41) is 12.5. The number of hydrogen-bond acceptors (Lipinski definition) is 4. The first-order valence-electron chi connectivity index (χ1n) is 6.60. The molecule has 0 unspecified atom stereocenters. The fraction of sp³-hybridized carbons (Fsp3) is 0.250. The van der Waals surface area contributed by atoms with Crippen LogP contribution < -0.4 is 5.32 Å². The summed E-state index contributed by atoms with van der Waals surface area (Å²) in [6, 6.07) is 5.59. The summed E-state index contributed by atoms with van der Waals surface area (Å²) in [7, 11) is 0. The van der Waals surface area contributed by atoms with Gasteiger partial charge in [-0.05, 0) is 37.1 Å². The van der Waals surface area contributed by atoms with Gasteiger partial charge in [-0.15, -0.1) is 11.3 Å². The predicted molar refractivity (Wildman–Crippen MR) is 84.6 cm³/mol. The van der Waals surface area contributed by atoms with Crippen molar-refractivity contribution >= 4 is 22.9 Å². The summed E-state index contributed by atoms with van der Waals surface area (Å²) in [5.74, 6) is 5.33. The number of amides is 1. The SMILES string of the molecule is CCc1cc(C#CCO)ccc1NC(=O)c1cnc(C)s1. The van der Waals surface area contributed by atoms with E-state index in [2.05, 4.69) is 22.1 Å². The van der Waals surface area contributed by atoms with Gasteiger partial charge in [-0.2, -0.15) is 0 Å². The number of nitrogens with one attached hydrogen (secondary N) is 1. The molecule has 5 heteroatoms. The highest BCUT2D eigenvalue weighted by Gasteiger charge is 2.11. The first kappa shape index (κ1) is 15.2. The Morgan fingerprint density at radius 1 is 1.48 bits per heavy atom. The molecule has 0 spiro atoms. The molecule has 0 aliphatic carbocycles. The fourth-order valence-electron chi connectivity index (χ4n) is 1.88. The van der Waals surface area contributed by atoms with Gasteiger partial charge in [-0.25, -0.2) is 4.98 Å². The van der Waals surface area contributed by atoms with Crippen LogP contribution in [0.3, 0.4) is 0 Å². The fourth-order valence-corrected chi connectivity index (χ4v) is 2.55. The average Bonchev–Trinajstić information content (AvgIpc) is 2.92. The molecule has 2 rings (SSSR count). The van der Waals surface area contributed by atoms with Crippen molar-refractivity contribution in [3.63, 3.8) is 0 Å². The van der Waals surface area contributed by atoms with Crippen LogP contribution in [0, 0.1) is 18.8 Å². The van der Waals surface area contributed by atoms with Crippen molar-refractivity contribution in [2.45, 2.75) is 20.3 Å². The Kier molecular flexibility index (Phi) is 5.09. The number of benzene rings is 1. The minimum absolute atomic E-state index is 0.149. The topological polar surface area (TPSA) is 62.2 Å². The van der Waals surface area contributed by atoms with E-state index in [1.165, 1.54) is 11.3 Å². The van der Waals surface area contributed by atoms with Crippen molar-refractivity contribution in [2.24, 2.45) is 0 Å². The van der Waals surface area contributed by atoms with E-state index in [4.69, 9.17) is 5.11 Å². The average molecular weight is 300 g/mol. The lowest BCUT2D eigenvalue weighted by Gasteiger charge is -2.09. The second-order valence-corrected chi connectivity index (χ2v) is 5.62. The third-order valence-corrected chi connectivity index (χ3v) is 3.80. The summed E-state index contributed by atoms with van der Waals surface area (Å²) < 4.78 is 0. The zero-order valence-corrected chi connectivity index (χ0v) is 12.8. The van der Waals surface area contributed by atoms with Crippen molar-refractivity contribution < 1.29 is 9.90 Å². The number of anilines is 1. The molecule has 0 saturated carbocycles. The molecular formula is C16H16N2O2S. The lowest BCUT2D eigenvalue weighted by Crippen LogP contribution is -2.11. The highest BCUT2D eigenvalue weighted by Crippen LogP contribution is 2.20. The zero-order chi connectivity index (χ0) is 15.2. The Bertz CT molecular complexity index is 711. The maximum absolute atomic E-state index is 12.2. The van der Waals surface area contributed by atoms with E-state index in [-0.39, 0.29) is 12.5 Å². The minimum Gasteiger partial charge on any atom is -0.384 e. The van der Waals surface area contributed by atoms with Crippen LogP contribution in [0.25, 0.3) is 0 Å². The zero-order valence-electron chi connectivity index (χ0n) is 11.9. The number of rotatable bonds is 3. The predicted octanol–water partition coefficient (Wildman–Crippen LogP) is 2.61. The highest BCUT2D eigenvalue weighted by atomic mass is 32.1. The van der Waals surface area contributed by atoms with Gasteiger partial charge in [-0.3, -0.25) is 4.79 Å². The molecule has 108 valence electrons. The summed E-state index contributed by atoms with van der Waals surface area (Å²) >= 11 is 1.37. The number of nitrogens with zero attached hydrogens (tertiary/aromatic N) is 1. The van der Waals surface area contributed by atoms with Crippen LogP contribution >= 0.6 is 11.3 Å². The molecule has 2 N–H and O–H groups in total. The molecule has 1 aromatic heterocycles. The first-order chi connectivity index (χ1) is 10.1. The van der Waals surface area contributed by atoms with Gasteiger partial charge in [0.1, 0.15) is 11.5 Å². The third kappa shape index (κ3) is 3.91. The van der Waals surface area contributed by atoms with Crippen molar-refractivity contribution in [2.75, 3.05) is 11.9 Å². The van der Waals surface area contributed by atoms with Crippen LogP contribution in [-0.2, 0) is 6.42 Å². The monoisotopic (exact) mass is 300 g/mol. The number of aromatic nitrogens is 1. The maximum Gasteiger partial charge on any atom is 0.267 e. The Hall–Kier alpha value is -2.16. The van der Waals surface area contributed by atoms with Crippen LogP contribution in [0.2, 0.25) is 0 Å². The van der Waals surface area contributed by atoms with E-state index < -0.39 is 0 Å². The Labute approximate surface area is 127 Å². The number of carbonyl (C=O) groups is 1. The van der Waals surface area contributed by atoms with Crippen molar-refractivity contribution in [3.8, 4) is 11.8 Å². The number of thiazole rings is 1. The van der Waals surface area contributed by atoms with Crippen molar-refractivity contribution in [1.29, 1.82) is 0 Å². The molecule has 1 amide bonds. The minimum atomic E-state index is -0.162. The summed E-state index contributed by atoms with van der Waals surface area (Å²) in [5.41, 5.74) is 2.62. The molecule has 0 aliphatic rings. The maximum atomic E-state index is 12.2. The summed E-state index contributed by atoms with van der Waals surface area (Å²) in [4.78, 5) is 16.8. The molecule has 0 atom stereocenters. The molecule has 1 aromatic carbocycles. The van der Waals surface area contributed by atoms with E-state index in [9.17, 15) is 4.79 Å². The molecule has 4 nitrogen and oxygen atoms in total. The second kappa shape index (κ2) is 7.02. The van der Waals surface area contributed by atoms with E-state index in [0.717, 1.165) is 28.2 Å². The highest BCUT2D eigenvalue weighted by molar-refractivity contribution is 7.13. The molecular weight excluding hydrogens is 284 g/mol. The molecule has 0 fully saturated rings. The molecule has 0 aliphatic heterocycles. The Morgan fingerprint density at radius 3 is 2.90 bits per heavy atom. The van der Waals surface area contributed by atoms with E-state index in [1.54, 1.807) is 6.20 Å². The van der Waals surface area contributed by atoms with Crippen LogP contribution in [-0.4, -0.2) is 22.6 Å². The van der Waals surface area contributed by atoms with Gasteiger partial charge in [0, 0.05) is 11.3 Å². The van der Waals surface area contributed by atoms with Gasteiger partial charge < -0.3 is 10.4 Å². The van der Waals surface area contributed by atoms with Gasteiger partial charge in [0.05, 0.1) is 11.2 Å². The van der Waals surface area contributed by atoms with Crippen molar-refractivity contribution in [3.05, 3.63) is 45.4 Å². The molecule has 0 bridgehead atoms.